The third-order valence-corrected chi connectivity index (χ3v) is 4.95. The summed E-state index contributed by atoms with van der Waals surface area (Å²) in [5.41, 5.74) is 2.12. The summed E-state index contributed by atoms with van der Waals surface area (Å²) < 4.78 is 4.96. The number of carbonyl (C=O) groups excluding carboxylic acids is 2. The number of para-hydroxylation sites is 1. The van der Waals surface area contributed by atoms with Crippen LogP contribution in [0.3, 0.4) is 0 Å². The van der Waals surface area contributed by atoms with Crippen LogP contribution in [0.4, 0.5) is 5.69 Å². The molecule has 1 aliphatic rings. The summed E-state index contributed by atoms with van der Waals surface area (Å²) in [7, 11) is 1.66. The molecule has 1 aliphatic heterocycles. The van der Waals surface area contributed by atoms with Gasteiger partial charge in [-0.1, -0.05) is 32.0 Å². The van der Waals surface area contributed by atoms with Crippen LogP contribution in [0.5, 0.6) is 0 Å². The van der Waals surface area contributed by atoms with Crippen molar-refractivity contribution in [1.29, 1.82) is 0 Å². The minimum atomic E-state index is -0.286. The summed E-state index contributed by atoms with van der Waals surface area (Å²) in [6, 6.07) is 8.02. The van der Waals surface area contributed by atoms with Gasteiger partial charge in [0.25, 0.3) is 0 Å². The molecule has 0 bridgehead atoms. The highest BCUT2D eigenvalue weighted by Crippen LogP contribution is 2.33. The molecular formula is C20H31N3O3. The van der Waals surface area contributed by atoms with Crippen LogP contribution in [0.1, 0.15) is 38.2 Å². The fourth-order valence-corrected chi connectivity index (χ4v) is 3.20. The minimum absolute atomic E-state index is 0.0270. The Morgan fingerprint density at radius 3 is 2.81 bits per heavy atom. The number of amides is 2. The van der Waals surface area contributed by atoms with E-state index in [0.717, 1.165) is 18.7 Å². The van der Waals surface area contributed by atoms with E-state index in [1.54, 1.807) is 12.0 Å². The quantitative estimate of drug-likeness (QED) is 0.625. The molecule has 6 nitrogen and oxygen atoms in total. The average Bonchev–Trinajstić information content (AvgIpc) is 3.05. The molecule has 2 amide bonds. The topological polar surface area (TPSA) is 70.7 Å². The second kappa shape index (κ2) is 10.3. The van der Waals surface area contributed by atoms with E-state index in [9.17, 15) is 9.59 Å². The Kier molecular flexibility index (Phi) is 8.06. The number of nitrogens with one attached hydrogen (secondary N) is 2. The van der Waals surface area contributed by atoms with Crippen LogP contribution in [0.25, 0.3) is 0 Å². The number of benzene rings is 1. The fourth-order valence-electron chi connectivity index (χ4n) is 3.20. The van der Waals surface area contributed by atoms with Gasteiger partial charge in [-0.2, -0.15) is 0 Å². The maximum absolute atomic E-state index is 12.5. The molecule has 1 aromatic rings. The molecule has 0 aliphatic carbocycles. The molecule has 144 valence electrons. The smallest absolute Gasteiger partial charge is 0.227 e. The summed E-state index contributed by atoms with van der Waals surface area (Å²) in [5, 5.41) is 6.11. The molecule has 1 saturated heterocycles. The molecule has 0 spiro atoms. The van der Waals surface area contributed by atoms with E-state index in [-0.39, 0.29) is 24.2 Å². The van der Waals surface area contributed by atoms with E-state index >= 15 is 0 Å². The lowest BCUT2D eigenvalue weighted by molar-refractivity contribution is -0.126. The molecule has 1 aromatic carbocycles. The number of rotatable bonds is 10. The van der Waals surface area contributed by atoms with Gasteiger partial charge in [0.15, 0.2) is 0 Å². The number of hydrogen-bond donors (Lipinski definition) is 2. The number of ether oxygens (including phenoxy) is 1. The molecule has 2 N–H and O–H groups in total. The van der Waals surface area contributed by atoms with E-state index in [1.165, 1.54) is 5.56 Å². The van der Waals surface area contributed by atoms with Crippen molar-refractivity contribution in [1.82, 2.24) is 10.6 Å². The first-order valence-electron chi connectivity index (χ1n) is 9.45. The van der Waals surface area contributed by atoms with Crippen LogP contribution in [0, 0.1) is 5.92 Å². The highest BCUT2D eigenvalue weighted by atomic mass is 16.5. The van der Waals surface area contributed by atoms with Crippen LogP contribution in [0.2, 0.25) is 0 Å². The van der Waals surface area contributed by atoms with Gasteiger partial charge in [0, 0.05) is 45.4 Å². The Morgan fingerprint density at radius 2 is 2.08 bits per heavy atom. The predicted molar refractivity (Wildman–Crippen MR) is 103 cm³/mol. The highest BCUT2D eigenvalue weighted by molar-refractivity contribution is 6.00. The second-order valence-electron chi connectivity index (χ2n) is 6.81. The number of carbonyl (C=O) groups is 2. The Bertz CT molecular complexity index is 606. The SMILES string of the molecule is CCC(C)c1ccccc1N1CC(C(=O)NCCNCCOC)CC1=O. The molecule has 0 radical (unpaired) electrons. The van der Waals surface area contributed by atoms with Crippen LogP contribution in [0.15, 0.2) is 24.3 Å². The number of anilines is 1. The van der Waals surface area contributed by atoms with Crippen molar-refractivity contribution in [2.45, 2.75) is 32.6 Å². The van der Waals surface area contributed by atoms with Gasteiger partial charge < -0.3 is 20.3 Å². The summed E-state index contributed by atoms with van der Waals surface area (Å²) >= 11 is 0. The van der Waals surface area contributed by atoms with E-state index in [1.807, 2.05) is 18.2 Å². The molecule has 26 heavy (non-hydrogen) atoms. The molecule has 1 heterocycles. The molecule has 2 unspecified atom stereocenters. The third kappa shape index (κ3) is 5.29. The minimum Gasteiger partial charge on any atom is -0.383 e. The normalized spacial score (nSPS) is 18.2. The van der Waals surface area contributed by atoms with E-state index in [4.69, 9.17) is 4.74 Å². The van der Waals surface area contributed by atoms with Gasteiger partial charge in [0.1, 0.15) is 0 Å². The Morgan fingerprint density at radius 1 is 1.31 bits per heavy atom. The second-order valence-corrected chi connectivity index (χ2v) is 6.81. The van der Waals surface area contributed by atoms with Gasteiger partial charge in [-0.05, 0) is 24.0 Å². The predicted octanol–water partition coefficient (Wildman–Crippen LogP) is 1.91. The zero-order valence-electron chi connectivity index (χ0n) is 16.1. The largest absolute Gasteiger partial charge is 0.383 e. The van der Waals surface area contributed by atoms with Crippen LogP contribution < -0.4 is 15.5 Å². The van der Waals surface area contributed by atoms with E-state index < -0.39 is 0 Å². The maximum atomic E-state index is 12.5. The standard InChI is InChI=1S/C20H31N3O3/c1-4-15(2)17-7-5-6-8-18(17)23-14-16(13-19(23)24)20(25)22-10-9-21-11-12-26-3/h5-8,15-16,21H,4,9-14H2,1-3H3,(H,22,25). The average molecular weight is 361 g/mol. The Labute approximate surface area is 156 Å². The van der Waals surface area contributed by atoms with Gasteiger partial charge in [0.2, 0.25) is 11.8 Å². The zero-order valence-corrected chi connectivity index (χ0v) is 16.1. The van der Waals surface area contributed by atoms with E-state index in [0.29, 0.717) is 32.2 Å². The summed E-state index contributed by atoms with van der Waals surface area (Å²) in [6.07, 6.45) is 1.29. The molecule has 2 atom stereocenters. The molecule has 6 heteroatoms. The molecule has 2 rings (SSSR count). The molecular weight excluding hydrogens is 330 g/mol. The molecule has 1 fully saturated rings. The monoisotopic (exact) mass is 361 g/mol. The van der Waals surface area contributed by atoms with Gasteiger partial charge in [0.05, 0.1) is 12.5 Å². The van der Waals surface area contributed by atoms with Crippen LogP contribution in [-0.2, 0) is 14.3 Å². The first kappa shape index (κ1) is 20.4. The summed E-state index contributed by atoms with van der Waals surface area (Å²) in [4.78, 5) is 26.7. The maximum Gasteiger partial charge on any atom is 0.227 e. The fraction of sp³-hybridized carbons (Fsp3) is 0.600. The number of hydrogen-bond acceptors (Lipinski definition) is 4. The summed E-state index contributed by atoms with van der Waals surface area (Å²) in [5.74, 6) is 0.0750. The lowest BCUT2D eigenvalue weighted by Crippen LogP contribution is -2.37. The van der Waals surface area contributed by atoms with Gasteiger partial charge in [-0.15, -0.1) is 0 Å². The van der Waals surface area contributed by atoms with Crippen LogP contribution >= 0.6 is 0 Å². The lowest BCUT2D eigenvalue weighted by Gasteiger charge is -2.23. The van der Waals surface area contributed by atoms with Gasteiger partial charge in [-0.3, -0.25) is 9.59 Å². The van der Waals surface area contributed by atoms with Crippen molar-refractivity contribution in [3.63, 3.8) is 0 Å². The Balaban J connectivity index is 1.91. The van der Waals surface area contributed by atoms with Crippen molar-refractivity contribution < 1.29 is 14.3 Å². The van der Waals surface area contributed by atoms with Crippen molar-refractivity contribution in [2.75, 3.05) is 44.8 Å². The summed E-state index contributed by atoms with van der Waals surface area (Å²) in [6.45, 7) is 7.41. The third-order valence-electron chi connectivity index (χ3n) is 4.95. The number of methoxy groups -OCH3 is 1. The van der Waals surface area contributed by atoms with Crippen molar-refractivity contribution in [2.24, 2.45) is 5.92 Å². The molecule has 0 saturated carbocycles. The lowest BCUT2D eigenvalue weighted by atomic mass is 9.96. The van der Waals surface area contributed by atoms with Crippen molar-refractivity contribution >= 4 is 17.5 Å². The van der Waals surface area contributed by atoms with E-state index in [2.05, 4.69) is 30.5 Å². The van der Waals surface area contributed by atoms with Crippen LogP contribution in [-0.4, -0.2) is 51.7 Å². The first-order chi connectivity index (χ1) is 12.6. The molecule has 0 aromatic heterocycles. The number of nitrogens with zero attached hydrogens (tertiary/aromatic N) is 1. The van der Waals surface area contributed by atoms with Crippen molar-refractivity contribution in [3.8, 4) is 0 Å². The van der Waals surface area contributed by atoms with Crippen molar-refractivity contribution in [3.05, 3.63) is 29.8 Å². The zero-order chi connectivity index (χ0) is 18.9. The first-order valence-corrected chi connectivity index (χ1v) is 9.45. The van der Waals surface area contributed by atoms with Gasteiger partial charge >= 0.3 is 0 Å². The van der Waals surface area contributed by atoms with Gasteiger partial charge in [-0.25, -0.2) is 0 Å². The Hall–Kier alpha value is -1.92. The highest BCUT2D eigenvalue weighted by Gasteiger charge is 2.36.